The van der Waals surface area contributed by atoms with E-state index in [1.165, 1.54) is 23.5 Å². The van der Waals surface area contributed by atoms with E-state index in [0.29, 0.717) is 22.1 Å². The van der Waals surface area contributed by atoms with Crippen LogP contribution in [0.15, 0.2) is 52.0 Å². The molecule has 0 bridgehead atoms. The van der Waals surface area contributed by atoms with Gasteiger partial charge in [0.15, 0.2) is 20.6 Å². The van der Waals surface area contributed by atoms with Gasteiger partial charge >= 0.3 is 0 Å². The van der Waals surface area contributed by atoms with Gasteiger partial charge in [-0.2, -0.15) is 0 Å². The number of furan rings is 1. The lowest BCUT2D eigenvalue weighted by atomic mass is 10.3. The van der Waals surface area contributed by atoms with Crippen molar-refractivity contribution in [2.24, 2.45) is 0 Å². The number of amides is 1. The van der Waals surface area contributed by atoms with Crippen molar-refractivity contribution in [3.8, 4) is 10.8 Å². The lowest BCUT2D eigenvalue weighted by Gasteiger charge is -2.06. The summed E-state index contributed by atoms with van der Waals surface area (Å²) >= 11 is 1.37. The van der Waals surface area contributed by atoms with E-state index in [0.717, 1.165) is 4.88 Å². The van der Waals surface area contributed by atoms with Crippen molar-refractivity contribution in [2.75, 3.05) is 11.1 Å². The maximum absolute atomic E-state index is 12.4. The molecule has 25 heavy (non-hydrogen) atoms. The van der Waals surface area contributed by atoms with Crippen LogP contribution in [0.5, 0.6) is 0 Å². The van der Waals surface area contributed by atoms with Crippen LogP contribution in [0, 0.1) is 6.92 Å². The summed E-state index contributed by atoms with van der Waals surface area (Å²) in [4.78, 5) is 17.8. The second kappa shape index (κ2) is 6.81. The van der Waals surface area contributed by atoms with Crippen molar-refractivity contribution < 1.29 is 17.6 Å². The fourth-order valence-corrected chi connectivity index (χ4v) is 3.98. The quantitative estimate of drug-likeness (QED) is 0.732. The largest absolute Gasteiger partial charge is 0.462 e. The van der Waals surface area contributed by atoms with Gasteiger partial charge in [-0.3, -0.25) is 4.79 Å². The molecule has 0 saturated carbocycles. The highest BCUT2D eigenvalue weighted by molar-refractivity contribution is 7.91. The van der Waals surface area contributed by atoms with Crippen LogP contribution in [0.1, 0.15) is 22.3 Å². The second-order valence-corrected chi connectivity index (χ2v) is 8.76. The van der Waals surface area contributed by atoms with Crippen LogP contribution in [-0.2, 0) is 9.84 Å². The molecule has 0 fully saturated rings. The number of nitrogens with one attached hydrogen (secondary N) is 1. The van der Waals surface area contributed by atoms with Crippen LogP contribution >= 0.6 is 11.3 Å². The van der Waals surface area contributed by atoms with E-state index in [1.807, 2.05) is 6.92 Å². The number of aryl methyl sites for hydroxylation is 1. The Labute approximate surface area is 149 Å². The van der Waals surface area contributed by atoms with Gasteiger partial charge in [0.1, 0.15) is 5.69 Å². The monoisotopic (exact) mass is 376 g/mol. The number of hydrogen-bond acceptors (Lipinski definition) is 6. The van der Waals surface area contributed by atoms with Crippen molar-refractivity contribution in [1.82, 2.24) is 4.98 Å². The van der Waals surface area contributed by atoms with E-state index in [1.54, 1.807) is 37.5 Å². The number of benzene rings is 1. The number of rotatable bonds is 5. The third kappa shape index (κ3) is 3.64. The Hall–Kier alpha value is -2.45. The van der Waals surface area contributed by atoms with Gasteiger partial charge < -0.3 is 9.73 Å². The van der Waals surface area contributed by atoms with Crippen LogP contribution in [0.4, 0.5) is 5.69 Å². The fourth-order valence-electron chi connectivity index (χ4n) is 2.22. The third-order valence-electron chi connectivity index (χ3n) is 3.59. The number of hydrogen-bond donors (Lipinski definition) is 1. The predicted molar refractivity (Wildman–Crippen MR) is 96.7 cm³/mol. The summed E-state index contributed by atoms with van der Waals surface area (Å²) in [6.07, 6.45) is 1.55. The molecule has 6 nitrogen and oxygen atoms in total. The molecule has 0 saturated heterocycles. The number of carbonyl (C=O) groups is 1. The van der Waals surface area contributed by atoms with Gasteiger partial charge in [0.05, 0.1) is 16.9 Å². The minimum atomic E-state index is -3.26. The van der Waals surface area contributed by atoms with Crippen LogP contribution in [0.2, 0.25) is 0 Å². The molecule has 2 heterocycles. The average Bonchev–Trinajstić information content (AvgIpc) is 3.24. The summed E-state index contributed by atoms with van der Waals surface area (Å²) in [5.74, 6) is 0.297. The van der Waals surface area contributed by atoms with Crippen molar-refractivity contribution in [1.29, 1.82) is 0 Å². The standard InChI is InChI=1S/C17H16N2O4S2/c1-3-25(21,22)13-8-6-12(7-9-13)18-16(20)15-11(2)24-17(19-15)14-5-4-10-23-14/h4-10H,3H2,1-2H3,(H,18,20). The van der Waals surface area contributed by atoms with Crippen molar-refractivity contribution in [3.05, 3.63) is 53.2 Å². The molecular formula is C17H16N2O4S2. The van der Waals surface area contributed by atoms with Crippen LogP contribution in [0.25, 0.3) is 10.8 Å². The molecule has 0 radical (unpaired) electrons. The summed E-state index contributed by atoms with van der Waals surface area (Å²) in [5, 5.41) is 3.37. The molecule has 0 aliphatic heterocycles. The maximum atomic E-state index is 12.4. The SMILES string of the molecule is CCS(=O)(=O)c1ccc(NC(=O)c2nc(-c3ccco3)sc2C)cc1. The van der Waals surface area contributed by atoms with Gasteiger partial charge in [-0.1, -0.05) is 6.92 Å². The van der Waals surface area contributed by atoms with Gasteiger partial charge in [-0.15, -0.1) is 11.3 Å². The Morgan fingerprint density at radius 1 is 1.24 bits per heavy atom. The van der Waals surface area contributed by atoms with Gasteiger partial charge in [-0.05, 0) is 43.3 Å². The highest BCUT2D eigenvalue weighted by atomic mass is 32.2. The zero-order chi connectivity index (χ0) is 18.0. The van der Waals surface area contributed by atoms with E-state index < -0.39 is 9.84 Å². The highest BCUT2D eigenvalue weighted by Crippen LogP contribution is 2.28. The van der Waals surface area contributed by atoms with Gasteiger partial charge in [0.2, 0.25) is 0 Å². The summed E-state index contributed by atoms with van der Waals surface area (Å²) in [5.41, 5.74) is 0.827. The Balaban J connectivity index is 1.79. The minimum absolute atomic E-state index is 0.0340. The number of sulfone groups is 1. The Morgan fingerprint density at radius 3 is 2.56 bits per heavy atom. The number of thiazole rings is 1. The zero-order valence-corrected chi connectivity index (χ0v) is 15.3. The van der Waals surface area contributed by atoms with Gasteiger partial charge in [0, 0.05) is 10.6 Å². The highest BCUT2D eigenvalue weighted by Gasteiger charge is 2.18. The lowest BCUT2D eigenvalue weighted by molar-refractivity contribution is 0.102. The van der Waals surface area contributed by atoms with Crippen molar-refractivity contribution in [3.63, 3.8) is 0 Å². The molecule has 2 aromatic heterocycles. The normalized spacial score (nSPS) is 11.4. The Bertz CT molecular complexity index is 988. The second-order valence-electron chi connectivity index (χ2n) is 5.28. The van der Waals surface area contributed by atoms with Gasteiger partial charge in [0.25, 0.3) is 5.91 Å². The Kier molecular flexibility index (Phi) is 4.73. The molecule has 3 aromatic rings. The van der Waals surface area contributed by atoms with Gasteiger partial charge in [-0.25, -0.2) is 13.4 Å². The lowest BCUT2D eigenvalue weighted by Crippen LogP contribution is -2.13. The molecule has 0 aliphatic carbocycles. The first-order chi connectivity index (χ1) is 11.9. The molecule has 1 aromatic carbocycles. The molecule has 8 heteroatoms. The first-order valence-electron chi connectivity index (χ1n) is 7.56. The summed E-state index contributed by atoms with van der Waals surface area (Å²) in [7, 11) is -3.26. The minimum Gasteiger partial charge on any atom is -0.462 e. The maximum Gasteiger partial charge on any atom is 0.275 e. The van der Waals surface area contributed by atoms with Crippen molar-refractivity contribution in [2.45, 2.75) is 18.7 Å². The van der Waals surface area contributed by atoms with Crippen LogP contribution in [0.3, 0.4) is 0 Å². The fraction of sp³-hybridized carbons (Fsp3) is 0.176. The Morgan fingerprint density at radius 2 is 1.96 bits per heavy atom. The smallest absolute Gasteiger partial charge is 0.275 e. The van der Waals surface area contributed by atoms with Crippen molar-refractivity contribution >= 4 is 32.8 Å². The summed E-state index contributed by atoms with van der Waals surface area (Å²) in [6, 6.07) is 9.64. The first-order valence-corrected chi connectivity index (χ1v) is 10.0. The molecule has 0 aliphatic rings. The average molecular weight is 376 g/mol. The van der Waals surface area contributed by atoms with E-state index in [9.17, 15) is 13.2 Å². The number of carbonyl (C=O) groups excluding carboxylic acids is 1. The first kappa shape index (κ1) is 17.4. The third-order valence-corrected chi connectivity index (χ3v) is 6.33. The molecule has 0 atom stereocenters. The molecule has 1 N–H and O–H groups in total. The van der Waals surface area contributed by atoms with Crippen LogP contribution < -0.4 is 5.32 Å². The number of anilines is 1. The molecule has 3 rings (SSSR count). The predicted octanol–water partition coefficient (Wildman–Crippen LogP) is 3.76. The topological polar surface area (TPSA) is 89.3 Å². The zero-order valence-electron chi connectivity index (χ0n) is 13.6. The van der Waals surface area contributed by atoms with E-state index in [4.69, 9.17) is 4.42 Å². The van der Waals surface area contributed by atoms with E-state index in [-0.39, 0.29) is 16.6 Å². The van der Waals surface area contributed by atoms with Crippen LogP contribution in [-0.4, -0.2) is 25.1 Å². The summed E-state index contributed by atoms with van der Waals surface area (Å²) < 4.78 is 28.9. The molecule has 130 valence electrons. The molecule has 1 amide bonds. The molecule has 0 spiro atoms. The molecular weight excluding hydrogens is 360 g/mol. The number of aromatic nitrogens is 1. The summed E-state index contributed by atoms with van der Waals surface area (Å²) in [6.45, 7) is 3.41. The molecule has 0 unspecified atom stereocenters. The van der Waals surface area contributed by atoms with E-state index >= 15 is 0 Å². The van der Waals surface area contributed by atoms with E-state index in [2.05, 4.69) is 10.3 Å². The number of nitrogens with zero attached hydrogens (tertiary/aromatic N) is 1.